The van der Waals surface area contributed by atoms with Crippen molar-refractivity contribution in [2.45, 2.75) is 45.4 Å². The van der Waals surface area contributed by atoms with E-state index in [1.165, 1.54) is 7.11 Å². The van der Waals surface area contributed by atoms with Gasteiger partial charge in [-0.25, -0.2) is 9.59 Å². The lowest BCUT2D eigenvalue weighted by Gasteiger charge is -2.26. The van der Waals surface area contributed by atoms with Crippen LogP contribution < -0.4 is 15.8 Å². The minimum Gasteiger partial charge on any atom is -0.486 e. The molecule has 1 aromatic rings. The lowest BCUT2D eigenvalue weighted by atomic mass is 10.1. The van der Waals surface area contributed by atoms with E-state index in [-0.39, 0.29) is 0 Å². The summed E-state index contributed by atoms with van der Waals surface area (Å²) in [5.74, 6) is -0.255. The van der Waals surface area contributed by atoms with Crippen LogP contribution in [0.2, 0.25) is 0 Å². The Kier molecular flexibility index (Phi) is 6.89. The number of rotatable bonds is 5. The molecule has 0 aliphatic rings. The highest BCUT2D eigenvalue weighted by Gasteiger charge is 2.31. The minimum absolute atomic E-state index is 0.394. The summed E-state index contributed by atoms with van der Waals surface area (Å²) in [5, 5.41) is 2.46. The number of benzene rings is 1. The third kappa shape index (κ3) is 6.27. The van der Waals surface area contributed by atoms with Gasteiger partial charge < -0.3 is 25.3 Å². The maximum atomic E-state index is 12.0. The molecule has 24 heavy (non-hydrogen) atoms. The summed E-state index contributed by atoms with van der Waals surface area (Å²) in [6.45, 7) is 6.80. The van der Waals surface area contributed by atoms with Gasteiger partial charge in [0, 0.05) is 4.47 Å². The Morgan fingerprint density at radius 3 is 2.42 bits per heavy atom. The Hall–Kier alpha value is -1.96. The summed E-state index contributed by atoms with van der Waals surface area (Å²) in [7, 11) is 1.23. The van der Waals surface area contributed by atoms with Crippen molar-refractivity contribution < 1.29 is 23.8 Å². The molecule has 0 saturated heterocycles. The second-order valence-corrected chi connectivity index (χ2v) is 7.07. The molecule has 1 rings (SSSR count). The molecular weight excluding hydrogens is 380 g/mol. The van der Waals surface area contributed by atoms with Crippen LogP contribution in [0.1, 0.15) is 27.7 Å². The highest BCUT2D eigenvalue weighted by molar-refractivity contribution is 9.10. The van der Waals surface area contributed by atoms with Gasteiger partial charge in [0.05, 0.1) is 12.8 Å². The molecule has 0 radical (unpaired) electrons. The van der Waals surface area contributed by atoms with Gasteiger partial charge in [0.25, 0.3) is 0 Å². The number of amides is 1. The third-order valence-corrected chi connectivity index (χ3v) is 3.37. The highest BCUT2D eigenvalue weighted by Crippen LogP contribution is 2.26. The molecule has 0 spiro atoms. The van der Waals surface area contributed by atoms with Crippen LogP contribution in [-0.2, 0) is 14.3 Å². The fourth-order valence-corrected chi connectivity index (χ4v) is 2.20. The number of hydrogen-bond donors (Lipinski definition) is 2. The van der Waals surface area contributed by atoms with Crippen LogP contribution in [0, 0.1) is 0 Å². The van der Waals surface area contributed by atoms with Gasteiger partial charge in [-0.05, 0) is 45.9 Å². The molecule has 0 aliphatic carbocycles. The average Bonchev–Trinajstić information content (AvgIpc) is 2.45. The van der Waals surface area contributed by atoms with Crippen LogP contribution >= 0.6 is 15.9 Å². The number of methoxy groups -OCH3 is 1. The Morgan fingerprint density at radius 1 is 1.29 bits per heavy atom. The Labute approximate surface area is 150 Å². The maximum absolute atomic E-state index is 12.0. The van der Waals surface area contributed by atoms with Crippen molar-refractivity contribution >= 4 is 33.7 Å². The number of nitrogens with two attached hydrogens (primary N) is 1. The van der Waals surface area contributed by atoms with E-state index < -0.39 is 29.8 Å². The lowest BCUT2D eigenvalue weighted by molar-refractivity contribution is -0.145. The number of nitrogen functional groups attached to an aromatic ring is 1. The molecule has 0 fully saturated rings. The Balaban J connectivity index is 2.87. The van der Waals surface area contributed by atoms with Gasteiger partial charge in [-0.2, -0.15) is 0 Å². The lowest BCUT2D eigenvalue weighted by Crippen LogP contribution is -2.51. The monoisotopic (exact) mass is 402 g/mol. The molecule has 0 bridgehead atoms. The van der Waals surface area contributed by atoms with E-state index >= 15 is 0 Å². The van der Waals surface area contributed by atoms with Gasteiger partial charge in [-0.3, -0.25) is 0 Å². The van der Waals surface area contributed by atoms with Crippen molar-refractivity contribution in [1.29, 1.82) is 0 Å². The topological polar surface area (TPSA) is 99.9 Å². The summed E-state index contributed by atoms with van der Waals surface area (Å²) >= 11 is 3.30. The van der Waals surface area contributed by atoms with Crippen molar-refractivity contribution in [3.05, 3.63) is 22.7 Å². The second kappa shape index (κ2) is 8.23. The molecule has 7 nitrogen and oxygen atoms in total. The summed E-state index contributed by atoms with van der Waals surface area (Å²) in [5.41, 5.74) is 5.59. The number of esters is 1. The molecule has 3 N–H and O–H groups in total. The van der Waals surface area contributed by atoms with Crippen molar-refractivity contribution in [3.8, 4) is 5.75 Å². The minimum atomic E-state index is -1.05. The molecule has 0 heterocycles. The normalized spacial score (nSPS) is 13.6. The van der Waals surface area contributed by atoms with Crippen LogP contribution in [0.15, 0.2) is 22.7 Å². The SMILES string of the molecule is COC(=O)C(NC(=O)OC(C)(C)C)C(C)Oc1ccc(Br)cc1N. The van der Waals surface area contributed by atoms with E-state index in [1.807, 2.05) is 0 Å². The molecule has 8 heteroatoms. The molecule has 2 atom stereocenters. The van der Waals surface area contributed by atoms with Gasteiger partial charge in [0.15, 0.2) is 6.04 Å². The number of alkyl carbamates (subject to hydrolysis) is 1. The molecule has 1 aromatic carbocycles. The first-order valence-corrected chi connectivity index (χ1v) is 8.12. The highest BCUT2D eigenvalue weighted by atomic mass is 79.9. The van der Waals surface area contributed by atoms with Gasteiger partial charge in [0.2, 0.25) is 0 Å². The van der Waals surface area contributed by atoms with Crippen molar-refractivity contribution in [3.63, 3.8) is 0 Å². The van der Waals surface area contributed by atoms with E-state index in [9.17, 15) is 9.59 Å². The number of carbonyl (C=O) groups is 2. The van der Waals surface area contributed by atoms with Crippen molar-refractivity contribution in [2.24, 2.45) is 0 Å². The molecule has 0 aliphatic heterocycles. The number of anilines is 1. The molecule has 1 amide bonds. The van der Waals surface area contributed by atoms with Crippen LogP contribution in [0.3, 0.4) is 0 Å². The molecular formula is C16H23BrN2O5. The van der Waals surface area contributed by atoms with E-state index in [1.54, 1.807) is 45.9 Å². The molecule has 2 unspecified atom stereocenters. The predicted octanol–water partition coefficient (Wildman–Crippen LogP) is 2.86. The van der Waals surface area contributed by atoms with Gasteiger partial charge >= 0.3 is 12.1 Å². The van der Waals surface area contributed by atoms with Crippen LogP contribution in [0.5, 0.6) is 5.75 Å². The van der Waals surface area contributed by atoms with Crippen LogP contribution in [0.4, 0.5) is 10.5 Å². The molecule has 134 valence electrons. The van der Waals surface area contributed by atoms with Crippen LogP contribution in [-0.4, -0.2) is 36.9 Å². The number of carbonyl (C=O) groups excluding carboxylic acids is 2. The number of halogens is 1. The molecule has 0 saturated carbocycles. The second-order valence-electron chi connectivity index (χ2n) is 6.15. The van der Waals surface area contributed by atoms with E-state index in [2.05, 4.69) is 21.2 Å². The van der Waals surface area contributed by atoms with Crippen molar-refractivity contribution in [1.82, 2.24) is 5.32 Å². The van der Waals surface area contributed by atoms with E-state index in [0.717, 1.165) is 4.47 Å². The number of hydrogen-bond acceptors (Lipinski definition) is 6. The summed E-state index contributed by atoms with van der Waals surface area (Å²) in [4.78, 5) is 23.9. The fraction of sp³-hybridized carbons (Fsp3) is 0.500. The van der Waals surface area contributed by atoms with E-state index in [0.29, 0.717) is 11.4 Å². The van der Waals surface area contributed by atoms with Crippen molar-refractivity contribution in [2.75, 3.05) is 12.8 Å². The first kappa shape index (κ1) is 20.1. The molecule has 0 aromatic heterocycles. The first-order chi connectivity index (χ1) is 11.0. The smallest absolute Gasteiger partial charge is 0.408 e. The number of nitrogens with one attached hydrogen (secondary N) is 1. The maximum Gasteiger partial charge on any atom is 0.408 e. The third-order valence-electron chi connectivity index (χ3n) is 2.88. The summed E-state index contributed by atoms with van der Waals surface area (Å²) in [6.07, 6.45) is -1.47. The van der Waals surface area contributed by atoms with Gasteiger partial charge in [-0.1, -0.05) is 15.9 Å². The zero-order chi connectivity index (χ0) is 18.5. The van der Waals surface area contributed by atoms with Gasteiger partial charge in [-0.15, -0.1) is 0 Å². The fourth-order valence-electron chi connectivity index (χ4n) is 1.82. The van der Waals surface area contributed by atoms with Crippen LogP contribution in [0.25, 0.3) is 0 Å². The Morgan fingerprint density at radius 2 is 1.92 bits per heavy atom. The largest absolute Gasteiger partial charge is 0.486 e. The number of ether oxygens (including phenoxy) is 3. The van der Waals surface area contributed by atoms with Gasteiger partial charge in [0.1, 0.15) is 17.5 Å². The first-order valence-electron chi connectivity index (χ1n) is 7.32. The summed E-state index contributed by atoms with van der Waals surface area (Å²) in [6, 6.07) is 4.05. The zero-order valence-corrected chi connectivity index (χ0v) is 16.0. The van der Waals surface area contributed by atoms with E-state index in [4.69, 9.17) is 19.9 Å². The Bertz CT molecular complexity index is 601. The average molecular weight is 403 g/mol. The quantitative estimate of drug-likeness (QED) is 0.579. The predicted molar refractivity (Wildman–Crippen MR) is 93.8 cm³/mol. The standard InChI is InChI=1S/C16H23BrN2O5/c1-9(23-12-7-6-10(17)8-11(12)18)13(14(20)22-5)19-15(21)24-16(2,3)4/h6-9,13H,18H2,1-5H3,(H,19,21). The zero-order valence-electron chi connectivity index (χ0n) is 14.4. The summed E-state index contributed by atoms with van der Waals surface area (Å²) < 4.78 is 16.4.